The quantitative estimate of drug-likeness (QED) is 0.1000. The molecule has 2 aromatic heterocycles. The van der Waals surface area contributed by atoms with Crippen LogP contribution in [0.4, 0.5) is 27.2 Å². The zero-order valence-corrected chi connectivity index (χ0v) is 43.6. The van der Waals surface area contributed by atoms with E-state index in [1.54, 1.807) is 18.2 Å². The number of carbonyl (C=O) groups is 4. The number of H-pyrrole nitrogens is 2. The predicted octanol–water partition coefficient (Wildman–Crippen LogP) is 11.7. The van der Waals surface area contributed by atoms with Gasteiger partial charge in [0.05, 0.1) is 37.3 Å². The van der Waals surface area contributed by atoms with Crippen molar-refractivity contribution in [2.24, 2.45) is 23.7 Å². The number of hydrogen-bond donors (Lipinski definition) is 4. The zero-order valence-electron chi connectivity index (χ0n) is 43.6. The number of nitrogens with zero attached hydrogens (tertiary/aromatic N) is 4. The van der Waals surface area contributed by atoms with Crippen molar-refractivity contribution >= 4 is 52.1 Å². The fourth-order valence-corrected chi connectivity index (χ4v) is 13.9. The molecule has 5 aromatic rings. The van der Waals surface area contributed by atoms with Crippen LogP contribution < -0.4 is 10.6 Å². The molecule has 0 radical (unpaired) electrons. The van der Waals surface area contributed by atoms with Crippen LogP contribution >= 0.6 is 0 Å². The zero-order chi connectivity index (χ0) is 53.2. The van der Waals surface area contributed by atoms with Gasteiger partial charge in [-0.1, -0.05) is 37.8 Å². The van der Waals surface area contributed by atoms with Gasteiger partial charge in [-0.2, -0.15) is 0 Å². The highest BCUT2D eigenvalue weighted by Gasteiger charge is 2.52. The van der Waals surface area contributed by atoms with Crippen molar-refractivity contribution in [1.82, 2.24) is 40.4 Å². The molecule has 13 rings (SSSR count). The normalized spacial score (nSPS) is 26.6. The van der Waals surface area contributed by atoms with Gasteiger partial charge >= 0.3 is 12.2 Å². The van der Waals surface area contributed by atoms with Crippen molar-refractivity contribution < 1.29 is 46.2 Å². The van der Waals surface area contributed by atoms with Gasteiger partial charge in [0.2, 0.25) is 11.8 Å². The summed E-state index contributed by atoms with van der Waals surface area (Å²) in [4.78, 5) is 74.0. The molecule has 4 heterocycles. The summed E-state index contributed by atoms with van der Waals surface area (Å²) in [5.41, 5.74) is 3.80. The number of benzene rings is 3. The molecule has 3 aromatic carbocycles. The highest BCUT2D eigenvalue weighted by atomic mass is 19.1. The Balaban J connectivity index is 0.839. The fraction of sp³-hybridized carbons (Fsp3) is 0.525. The number of hydrogen-bond acceptors (Lipinski definition) is 8. The molecule has 18 heteroatoms. The van der Waals surface area contributed by atoms with E-state index in [0.29, 0.717) is 81.8 Å². The number of carbonyl (C=O) groups excluding carboxylic acids is 4. The molecule has 14 nitrogen and oxygen atoms in total. The number of methoxy groups -OCH3 is 2. The van der Waals surface area contributed by atoms with Crippen LogP contribution in [0.15, 0.2) is 53.9 Å². The summed E-state index contributed by atoms with van der Waals surface area (Å²) >= 11 is 0. The summed E-state index contributed by atoms with van der Waals surface area (Å²) in [6, 6.07) is 7.04. The summed E-state index contributed by atoms with van der Waals surface area (Å²) in [5.74, 6) is -0.948. The van der Waals surface area contributed by atoms with Gasteiger partial charge in [0.1, 0.15) is 58.0 Å². The topological polar surface area (TPSA) is 175 Å². The van der Waals surface area contributed by atoms with Crippen LogP contribution in [0.3, 0.4) is 0 Å². The van der Waals surface area contributed by atoms with Crippen LogP contribution in [0.25, 0.3) is 39.3 Å². The summed E-state index contributed by atoms with van der Waals surface area (Å²) in [6.07, 6.45) is 15.1. The van der Waals surface area contributed by atoms with Gasteiger partial charge in [-0.15, -0.1) is 0 Å². The fourth-order valence-electron chi connectivity index (χ4n) is 13.9. The molecule has 4 N–H and O–H groups in total. The third-order valence-corrected chi connectivity index (χ3v) is 17.9. The molecular weight excluding hydrogens is 993 g/mol. The van der Waals surface area contributed by atoms with Crippen molar-refractivity contribution in [3.63, 3.8) is 0 Å². The van der Waals surface area contributed by atoms with Crippen LogP contribution in [0, 0.1) is 41.1 Å². The molecule has 2 bridgehead atoms. The van der Waals surface area contributed by atoms with E-state index in [1.807, 2.05) is 15.9 Å². The first-order valence-electron chi connectivity index (χ1n) is 27.9. The predicted molar refractivity (Wildman–Crippen MR) is 280 cm³/mol. The molecule has 406 valence electrons. The molecule has 8 aliphatic rings. The van der Waals surface area contributed by atoms with Gasteiger partial charge < -0.3 is 39.9 Å². The monoisotopic (exact) mass is 1060 g/mol. The van der Waals surface area contributed by atoms with E-state index in [-0.39, 0.29) is 83.7 Å². The molecule has 6 aliphatic carbocycles. The minimum Gasteiger partial charge on any atom is -0.453 e. The molecule has 2 saturated heterocycles. The molecule has 77 heavy (non-hydrogen) atoms. The smallest absolute Gasteiger partial charge is 0.407 e. The molecular formula is C59H66F4N8O6. The summed E-state index contributed by atoms with van der Waals surface area (Å²) in [6.45, 7) is 0. The van der Waals surface area contributed by atoms with E-state index in [9.17, 15) is 19.2 Å². The third-order valence-electron chi connectivity index (χ3n) is 17.9. The third kappa shape index (κ3) is 10.1. The lowest BCUT2D eigenvalue weighted by Gasteiger charge is -2.36. The number of alkyl carbamates (subject to hydrolysis) is 2. The number of imidazole rings is 2. The van der Waals surface area contributed by atoms with Gasteiger partial charge in [0.15, 0.2) is 0 Å². The first-order valence-corrected chi connectivity index (χ1v) is 27.9. The Morgan fingerprint density at radius 2 is 1.17 bits per heavy atom. The number of fused-ring (bicyclic) bond motifs is 12. The lowest BCUT2D eigenvalue weighted by molar-refractivity contribution is -0.138. The second-order valence-electron chi connectivity index (χ2n) is 22.9. The van der Waals surface area contributed by atoms with Crippen molar-refractivity contribution in [3.05, 3.63) is 99.7 Å². The van der Waals surface area contributed by atoms with Gasteiger partial charge in [-0.3, -0.25) is 9.59 Å². The Morgan fingerprint density at radius 1 is 0.623 bits per heavy atom. The SMILES string of the molecule is COC(=O)N[C@H](C(=O)N1[C@H](c2nc3cc(/C=C4\C=C(\F)CCCc5cc(F)c(c(-c6cc(F)c7[nH]c([C@@H]8C[C@@H]9CCCC[C@@H]9N8C(=O)[C@@H](NC(=O)OC)C8CC8)nc7c6)c5)CC4)cc(F)c3[nH]2)C[C@@H]2CCCC[C@@H]21)C1CC1. The summed E-state index contributed by atoms with van der Waals surface area (Å²) in [5, 5.41) is 5.59. The minimum atomic E-state index is -0.737. The molecule has 0 spiro atoms. The number of allylic oxidation sites excluding steroid dienone is 3. The van der Waals surface area contributed by atoms with Crippen molar-refractivity contribution in [2.75, 3.05) is 14.2 Å². The van der Waals surface area contributed by atoms with Gasteiger partial charge in [0, 0.05) is 12.1 Å². The first-order chi connectivity index (χ1) is 37.3. The van der Waals surface area contributed by atoms with Crippen LogP contribution in [0.2, 0.25) is 0 Å². The number of amides is 4. The maximum atomic E-state index is 16.6. The van der Waals surface area contributed by atoms with Crippen LogP contribution in [-0.2, 0) is 31.9 Å². The van der Waals surface area contributed by atoms with Crippen LogP contribution in [-0.4, -0.2) is 92.1 Å². The van der Waals surface area contributed by atoms with E-state index < -0.39 is 53.8 Å². The van der Waals surface area contributed by atoms with E-state index in [2.05, 4.69) is 20.6 Å². The van der Waals surface area contributed by atoms with Crippen molar-refractivity contribution in [1.29, 1.82) is 0 Å². The highest BCUT2D eigenvalue weighted by molar-refractivity contribution is 5.89. The minimum absolute atomic E-state index is 0.00823. The van der Waals surface area contributed by atoms with Gasteiger partial charge in [-0.05, 0) is 190 Å². The number of rotatable bonds is 10. The van der Waals surface area contributed by atoms with E-state index in [4.69, 9.17) is 19.4 Å². The van der Waals surface area contributed by atoms with E-state index >= 15 is 17.6 Å². The first kappa shape index (κ1) is 51.1. The molecule has 4 amide bonds. The van der Waals surface area contributed by atoms with Crippen molar-refractivity contribution in [2.45, 2.75) is 158 Å². The number of aryl methyl sites for hydroxylation is 1. The number of aromatic nitrogens is 4. The number of ether oxygens (including phenoxy) is 2. The van der Waals surface area contributed by atoms with Crippen LogP contribution in [0.5, 0.6) is 0 Å². The van der Waals surface area contributed by atoms with Crippen molar-refractivity contribution in [3.8, 4) is 11.1 Å². The molecule has 0 unspecified atom stereocenters. The number of halogens is 4. The van der Waals surface area contributed by atoms with Gasteiger partial charge in [-0.25, -0.2) is 37.1 Å². The maximum absolute atomic E-state index is 16.6. The van der Waals surface area contributed by atoms with Gasteiger partial charge in [0.25, 0.3) is 0 Å². The Bertz CT molecular complexity index is 3220. The molecule has 4 saturated carbocycles. The Kier molecular flexibility index (Phi) is 13.9. The second-order valence-corrected chi connectivity index (χ2v) is 22.9. The Labute approximate surface area is 444 Å². The Morgan fingerprint density at radius 3 is 1.73 bits per heavy atom. The average Bonchev–Trinajstić information content (AvgIpc) is 4.47. The highest BCUT2D eigenvalue weighted by Crippen LogP contribution is 2.50. The van der Waals surface area contributed by atoms with Crippen LogP contribution in [0.1, 0.15) is 150 Å². The number of nitrogens with one attached hydrogen (secondary N) is 4. The second kappa shape index (κ2) is 20.9. The lowest BCUT2D eigenvalue weighted by atomic mass is 9.84. The summed E-state index contributed by atoms with van der Waals surface area (Å²) in [7, 11) is 2.55. The number of aromatic amines is 2. The number of likely N-dealkylation sites (tertiary alicyclic amines) is 2. The standard InChI is InChI=1S/C59H66F4N8O6/c1-76-58(74)68-50(33-15-16-33)56(72)70-46-12-5-3-9-35(46)28-48(70)54-64-44-25-32(24-42(62)52(44)66-54)20-31-14-19-39-40(22-30(23-41(39)61)8-7-11-38(60)21-31)37-26-43(63)53-45(27-37)65-55(67-53)49-29-36-10-4-6-13-47(36)71(49)57(73)51(34-17-18-34)69-59(75)77-2/h20-27,33-36,46-51H,3-19,28-29H2,1-2H3,(H,64,66)(H,65,67)(H,68,74)(H,69,75)/b31-20-,38-21+/t35-,36-,46-,47-,48-,49-,50-,51-/m0/s1. The molecule has 8 atom stereocenters. The Hall–Kier alpha value is -6.72. The molecule has 6 fully saturated rings. The summed E-state index contributed by atoms with van der Waals surface area (Å²) < 4.78 is 75.1. The average molecular weight is 1060 g/mol. The van der Waals surface area contributed by atoms with E-state index in [0.717, 1.165) is 77.0 Å². The van der Waals surface area contributed by atoms with E-state index in [1.165, 1.54) is 38.5 Å². The lowest BCUT2D eigenvalue weighted by Crippen LogP contribution is -2.52. The largest absolute Gasteiger partial charge is 0.453 e. The maximum Gasteiger partial charge on any atom is 0.407 e. The molecule has 2 aliphatic heterocycles.